The van der Waals surface area contributed by atoms with Gasteiger partial charge in [0.2, 0.25) is 0 Å². The maximum Gasteiger partial charge on any atom is 0.254 e. The van der Waals surface area contributed by atoms with Crippen LogP contribution in [-0.2, 0) is 0 Å². The van der Waals surface area contributed by atoms with E-state index in [0.29, 0.717) is 4.47 Å². The number of rotatable bonds is 1. The largest absolute Gasteiger partial charge is 0.276 e. The average molecular weight is 323 g/mol. The molecule has 0 N–H and O–H groups in total. The number of benzene rings is 1. The zero-order valence-electron chi connectivity index (χ0n) is 6.14. The van der Waals surface area contributed by atoms with Gasteiger partial charge in [-0.25, -0.2) is 0 Å². The van der Waals surface area contributed by atoms with Gasteiger partial charge in [-0.2, -0.15) is 5.26 Å². The number of carbonyl (C=O) groups excluding carboxylic acids is 1. The predicted octanol–water partition coefficient (Wildman–Crippen LogP) is 3.46. The Balaban J connectivity index is 3.50. The molecule has 0 aromatic heterocycles. The number of halogens is 3. The maximum absolute atomic E-state index is 10.9. The van der Waals surface area contributed by atoms with E-state index in [0.717, 1.165) is 4.47 Å². The second-order valence-electron chi connectivity index (χ2n) is 2.20. The molecule has 66 valence electrons. The molecule has 1 aromatic carbocycles. The van der Waals surface area contributed by atoms with Crippen LogP contribution < -0.4 is 0 Å². The number of hydrogen-bond acceptors (Lipinski definition) is 2. The Morgan fingerprint density at radius 3 is 2.54 bits per heavy atom. The van der Waals surface area contributed by atoms with E-state index in [-0.39, 0.29) is 11.1 Å². The molecule has 0 spiro atoms. The molecule has 2 nitrogen and oxygen atoms in total. The summed E-state index contributed by atoms with van der Waals surface area (Å²) in [4.78, 5) is 10.9. The van der Waals surface area contributed by atoms with Gasteiger partial charge in [0.05, 0.1) is 11.1 Å². The van der Waals surface area contributed by atoms with Crippen LogP contribution in [0.2, 0.25) is 0 Å². The lowest BCUT2D eigenvalue weighted by atomic mass is 10.1. The van der Waals surface area contributed by atoms with Gasteiger partial charge in [0, 0.05) is 8.95 Å². The molecule has 5 heteroatoms. The first-order valence-electron chi connectivity index (χ1n) is 3.15. The molecule has 0 amide bonds. The van der Waals surface area contributed by atoms with E-state index in [1.807, 2.05) is 6.07 Å². The van der Waals surface area contributed by atoms with Gasteiger partial charge in [0.15, 0.2) is 0 Å². The first-order valence-corrected chi connectivity index (χ1v) is 5.11. The lowest BCUT2D eigenvalue weighted by Crippen LogP contribution is -1.95. The molecule has 0 bridgehead atoms. The van der Waals surface area contributed by atoms with Crippen molar-refractivity contribution in [3.05, 3.63) is 32.2 Å². The lowest BCUT2D eigenvalue weighted by Gasteiger charge is -2.01. The van der Waals surface area contributed by atoms with Crippen LogP contribution in [0.5, 0.6) is 0 Å². The third-order valence-corrected chi connectivity index (χ3v) is 2.64. The summed E-state index contributed by atoms with van der Waals surface area (Å²) in [5.41, 5.74) is 0.452. The standard InChI is InChI=1S/C8H2Br2ClNO/c9-5-1-4(3-12)7(8(11)13)6(10)2-5/h1-2H. The first kappa shape index (κ1) is 10.7. The molecule has 0 radical (unpaired) electrons. The summed E-state index contributed by atoms with van der Waals surface area (Å²) in [6.07, 6.45) is 0. The van der Waals surface area contributed by atoms with E-state index >= 15 is 0 Å². The highest BCUT2D eigenvalue weighted by Gasteiger charge is 2.13. The van der Waals surface area contributed by atoms with Crippen molar-refractivity contribution in [2.45, 2.75) is 0 Å². The molecule has 0 saturated carbocycles. The third-order valence-electron chi connectivity index (χ3n) is 1.37. The second kappa shape index (κ2) is 4.23. The highest BCUT2D eigenvalue weighted by Crippen LogP contribution is 2.26. The summed E-state index contributed by atoms with van der Waals surface area (Å²) in [5, 5.41) is 8.07. The third kappa shape index (κ3) is 2.31. The predicted molar refractivity (Wildman–Crippen MR) is 56.7 cm³/mol. The minimum Gasteiger partial charge on any atom is -0.276 e. The quantitative estimate of drug-likeness (QED) is 0.743. The fourth-order valence-corrected chi connectivity index (χ4v) is 2.58. The van der Waals surface area contributed by atoms with E-state index in [9.17, 15) is 4.79 Å². The molecule has 13 heavy (non-hydrogen) atoms. The molecular weight excluding hydrogens is 321 g/mol. The Labute approximate surface area is 96.8 Å². The van der Waals surface area contributed by atoms with Crippen LogP contribution in [0.1, 0.15) is 15.9 Å². The smallest absolute Gasteiger partial charge is 0.254 e. The molecular formula is C8H2Br2ClNO. The van der Waals surface area contributed by atoms with Crippen LogP contribution in [-0.4, -0.2) is 5.24 Å². The number of hydrogen-bond donors (Lipinski definition) is 0. The van der Waals surface area contributed by atoms with Gasteiger partial charge >= 0.3 is 0 Å². The molecule has 0 saturated heterocycles. The first-order chi connectivity index (χ1) is 6.06. The van der Waals surface area contributed by atoms with E-state index in [1.54, 1.807) is 12.1 Å². The van der Waals surface area contributed by atoms with Crippen LogP contribution in [0.4, 0.5) is 0 Å². The fraction of sp³-hybridized carbons (Fsp3) is 0. The van der Waals surface area contributed by atoms with E-state index < -0.39 is 5.24 Å². The van der Waals surface area contributed by atoms with Crippen molar-refractivity contribution < 1.29 is 4.79 Å². The maximum atomic E-state index is 10.9. The highest BCUT2D eigenvalue weighted by atomic mass is 79.9. The normalized spacial score (nSPS) is 9.38. The van der Waals surface area contributed by atoms with Crippen molar-refractivity contribution in [2.24, 2.45) is 0 Å². The van der Waals surface area contributed by atoms with E-state index in [4.69, 9.17) is 16.9 Å². The van der Waals surface area contributed by atoms with Crippen molar-refractivity contribution in [3.63, 3.8) is 0 Å². The summed E-state index contributed by atoms with van der Waals surface area (Å²) >= 11 is 11.7. The molecule has 0 aliphatic carbocycles. The second-order valence-corrected chi connectivity index (χ2v) is 4.31. The van der Waals surface area contributed by atoms with Gasteiger partial charge in [-0.05, 0) is 39.7 Å². The molecule has 1 rings (SSSR count). The van der Waals surface area contributed by atoms with Crippen molar-refractivity contribution in [3.8, 4) is 6.07 Å². The summed E-state index contributed by atoms with van der Waals surface area (Å²) in [6.45, 7) is 0. The van der Waals surface area contributed by atoms with Gasteiger partial charge in [0.1, 0.15) is 6.07 Å². The Kier molecular flexibility index (Phi) is 3.48. The van der Waals surface area contributed by atoms with Crippen LogP contribution in [0.15, 0.2) is 21.1 Å². The van der Waals surface area contributed by atoms with Crippen molar-refractivity contribution in [1.29, 1.82) is 5.26 Å². The molecule has 0 fully saturated rings. The zero-order valence-corrected chi connectivity index (χ0v) is 10.1. The van der Waals surface area contributed by atoms with Gasteiger partial charge in [0.25, 0.3) is 5.24 Å². The zero-order chi connectivity index (χ0) is 10.0. The Hall–Kier alpha value is -0.370. The monoisotopic (exact) mass is 321 g/mol. The Bertz CT molecular complexity index is 411. The van der Waals surface area contributed by atoms with E-state index in [1.165, 1.54) is 0 Å². The van der Waals surface area contributed by atoms with Gasteiger partial charge in [-0.1, -0.05) is 15.9 Å². The molecule has 1 aromatic rings. The fourth-order valence-electron chi connectivity index (χ4n) is 0.862. The van der Waals surface area contributed by atoms with Gasteiger partial charge in [-0.15, -0.1) is 0 Å². The van der Waals surface area contributed by atoms with Gasteiger partial charge < -0.3 is 0 Å². The minimum absolute atomic E-state index is 0.201. The van der Waals surface area contributed by atoms with Crippen molar-refractivity contribution >= 4 is 48.7 Å². The summed E-state index contributed by atoms with van der Waals surface area (Å²) in [6, 6.07) is 5.10. The Morgan fingerprint density at radius 2 is 2.08 bits per heavy atom. The van der Waals surface area contributed by atoms with Crippen molar-refractivity contribution in [2.75, 3.05) is 0 Å². The minimum atomic E-state index is -0.643. The molecule has 0 aliphatic rings. The summed E-state index contributed by atoms with van der Waals surface area (Å²) in [7, 11) is 0. The number of nitrogens with zero attached hydrogens (tertiary/aromatic N) is 1. The van der Waals surface area contributed by atoms with Crippen LogP contribution in [0.25, 0.3) is 0 Å². The van der Waals surface area contributed by atoms with Crippen LogP contribution in [0, 0.1) is 11.3 Å². The average Bonchev–Trinajstić information content (AvgIpc) is 2.01. The molecule has 0 atom stereocenters. The highest BCUT2D eigenvalue weighted by molar-refractivity contribution is 9.11. The van der Waals surface area contributed by atoms with Crippen molar-refractivity contribution in [1.82, 2.24) is 0 Å². The topological polar surface area (TPSA) is 40.9 Å². The lowest BCUT2D eigenvalue weighted by molar-refractivity contribution is 0.108. The number of nitriles is 1. The van der Waals surface area contributed by atoms with Gasteiger partial charge in [-0.3, -0.25) is 4.79 Å². The Morgan fingerprint density at radius 1 is 1.46 bits per heavy atom. The van der Waals surface area contributed by atoms with E-state index in [2.05, 4.69) is 31.9 Å². The SMILES string of the molecule is N#Cc1cc(Br)cc(Br)c1C(=O)Cl. The number of carbonyl (C=O) groups is 1. The molecule has 0 aliphatic heterocycles. The molecule has 0 unspecified atom stereocenters. The van der Waals surface area contributed by atoms with Crippen LogP contribution in [0.3, 0.4) is 0 Å². The molecule has 0 heterocycles. The summed E-state index contributed by atoms with van der Waals surface area (Å²) < 4.78 is 1.23. The summed E-state index contributed by atoms with van der Waals surface area (Å²) in [5.74, 6) is 0. The van der Waals surface area contributed by atoms with Crippen LogP contribution >= 0.6 is 43.5 Å².